The summed E-state index contributed by atoms with van der Waals surface area (Å²) in [7, 11) is 0. The lowest BCUT2D eigenvalue weighted by atomic mass is 10.2. The Balaban J connectivity index is 1.67. The first kappa shape index (κ1) is 26.1. The number of aromatic nitrogens is 6. The summed E-state index contributed by atoms with van der Waals surface area (Å²) in [6, 6.07) is 5.64. The molecule has 0 aliphatic rings. The quantitative estimate of drug-likeness (QED) is 0.295. The molecule has 0 saturated heterocycles. The van der Waals surface area contributed by atoms with Crippen molar-refractivity contribution in [2.45, 2.75) is 20.0 Å². The highest BCUT2D eigenvalue weighted by molar-refractivity contribution is 6.34. The zero-order valence-corrected chi connectivity index (χ0v) is 21.0. The Morgan fingerprint density at radius 2 is 1.79 bits per heavy atom. The van der Waals surface area contributed by atoms with Gasteiger partial charge in [0.05, 0.1) is 47.8 Å². The SMILES string of the molecule is Cc1cncc(-n2c(=O)nc(Nc3cc4cn(CCO)nc4cc3Cl)n(Cc3cc(F)c(F)cc3F)c2=O)c1. The predicted molar refractivity (Wildman–Crippen MR) is 137 cm³/mol. The maximum atomic E-state index is 14.6. The number of aliphatic hydroxyl groups is 1. The second kappa shape index (κ2) is 10.3. The molecule has 0 radical (unpaired) electrons. The molecule has 0 aliphatic heterocycles. The fourth-order valence-electron chi connectivity index (χ4n) is 4.00. The molecule has 14 heteroatoms. The van der Waals surface area contributed by atoms with E-state index >= 15 is 0 Å². The van der Waals surface area contributed by atoms with Gasteiger partial charge in [-0.3, -0.25) is 14.2 Å². The zero-order valence-electron chi connectivity index (χ0n) is 20.2. The summed E-state index contributed by atoms with van der Waals surface area (Å²) >= 11 is 6.42. The minimum atomic E-state index is -1.39. The molecule has 0 bridgehead atoms. The lowest BCUT2D eigenvalue weighted by Crippen LogP contribution is -2.42. The molecule has 5 rings (SSSR count). The van der Waals surface area contributed by atoms with Crippen LogP contribution in [0.25, 0.3) is 16.6 Å². The first-order chi connectivity index (χ1) is 18.6. The minimum Gasteiger partial charge on any atom is -0.394 e. The van der Waals surface area contributed by atoms with Crippen molar-refractivity contribution in [3.05, 3.63) is 103 Å². The van der Waals surface area contributed by atoms with Crippen LogP contribution in [-0.4, -0.2) is 40.6 Å². The number of anilines is 2. The molecule has 0 fully saturated rings. The highest BCUT2D eigenvalue weighted by Gasteiger charge is 2.19. The Bertz CT molecular complexity index is 1850. The van der Waals surface area contributed by atoms with Gasteiger partial charge in [0.1, 0.15) is 5.82 Å². The Morgan fingerprint density at radius 3 is 2.54 bits per heavy atom. The van der Waals surface area contributed by atoms with Crippen molar-refractivity contribution >= 4 is 34.1 Å². The number of benzene rings is 2. The molecule has 5 aromatic rings. The number of aryl methyl sites for hydroxylation is 1. The highest BCUT2D eigenvalue weighted by atomic mass is 35.5. The van der Waals surface area contributed by atoms with Crippen molar-refractivity contribution in [3.8, 4) is 5.69 Å². The second-order valence-electron chi connectivity index (χ2n) is 8.63. The molecular formula is C25H19ClF3N7O3. The number of nitrogens with one attached hydrogen (secondary N) is 1. The number of aliphatic hydroxyl groups excluding tert-OH is 1. The molecule has 0 atom stereocenters. The van der Waals surface area contributed by atoms with Gasteiger partial charge in [0.15, 0.2) is 11.6 Å². The van der Waals surface area contributed by atoms with E-state index in [-0.39, 0.29) is 41.1 Å². The van der Waals surface area contributed by atoms with Crippen molar-refractivity contribution in [1.29, 1.82) is 0 Å². The molecule has 0 unspecified atom stereocenters. The number of fused-ring (bicyclic) bond motifs is 1. The number of hydrogen-bond acceptors (Lipinski definition) is 7. The molecule has 0 aliphatic carbocycles. The molecule has 0 spiro atoms. The fourth-order valence-corrected chi connectivity index (χ4v) is 4.21. The van der Waals surface area contributed by atoms with Crippen molar-refractivity contribution in [3.63, 3.8) is 0 Å². The summed E-state index contributed by atoms with van der Waals surface area (Å²) < 4.78 is 45.2. The second-order valence-corrected chi connectivity index (χ2v) is 9.04. The molecule has 0 amide bonds. The van der Waals surface area contributed by atoms with Gasteiger partial charge in [-0.05, 0) is 36.8 Å². The molecule has 3 heterocycles. The molecule has 39 heavy (non-hydrogen) atoms. The van der Waals surface area contributed by atoms with Crippen LogP contribution in [0.3, 0.4) is 0 Å². The molecule has 2 N–H and O–H groups in total. The van der Waals surface area contributed by atoms with E-state index in [0.29, 0.717) is 28.6 Å². The van der Waals surface area contributed by atoms with E-state index in [1.807, 2.05) is 0 Å². The Morgan fingerprint density at radius 1 is 1.03 bits per heavy atom. The van der Waals surface area contributed by atoms with Crippen LogP contribution in [0.2, 0.25) is 5.02 Å². The number of hydrogen-bond donors (Lipinski definition) is 2. The van der Waals surface area contributed by atoms with Crippen molar-refractivity contribution in [1.82, 2.24) is 28.9 Å². The first-order valence-electron chi connectivity index (χ1n) is 11.5. The van der Waals surface area contributed by atoms with E-state index in [0.717, 1.165) is 9.13 Å². The van der Waals surface area contributed by atoms with Crippen LogP contribution in [0.15, 0.2) is 58.5 Å². The molecular weight excluding hydrogens is 539 g/mol. The maximum absolute atomic E-state index is 14.6. The van der Waals surface area contributed by atoms with E-state index < -0.39 is 35.4 Å². The van der Waals surface area contributed by atoms with E-state index in [1.54, 1.807) is 19.2 Å². The summed E-state index contributed by atoms with van der Waals surface area (Å²) in [4.78, 5) is 34.6. The van der Waals surface area contributed by atoms with Crippen LogP contribution >= 0.6 is 11.6 Å². The van der Waals surface area contributed by atoms with E-state index in [9.17, 15) is 27.9 Å². The third kappa shape index (κ3) is 5.13. The van der Waals surface area contributed by atoms with Crippen LogP contribution in [0, 0.1) is 24.4 Å². The molecule has 200 valence electrons. The third-order valence-electron chi connectivity index (χ3n) is 5.82. The summed E-state index contributed by atoms with van der Waals surface area (Å²) in [6.07, 6.45) is 4.46. The van der Waals surface area contributed by atoms with Gasteiger partial charge in [-0.2, -0.15) is 10.1 Å². The van der Waals surface area contributed by atoms with Crippen LogP contribution < -0.4 is 16.7 Å². The standard InChI is InChI=1S/C25H19ClF3N7O3/c1-13-4-16(10-30-9-13)36-24(38)32-23(35(25(36)39)12-14-5-19(28)20(29)8-18(14)27)31-22-6-15-11-34(2-3-37)33-21(15)7-17(22)26/h4-11,37H,2-3,12H2,1H3,(H,31,32,38). The normalized spacial score (nSPS) is 11.3. The van der Waals surface area contributed by atoms with Gasteiger partial charge >= 0.3 is 11.4 Å². The van der Waals surface area contributed by atoms with Crippen LogP contribution in [0.1, 0.15) is 11.1 Å². The number of nitrogens with zero attached hydrogens (tertiary/aromatic N) is 6. The third-order valence-corrected chi connectivity index (χ3v) is 6.14. The summed E-state index contributed by atoms with van der Waals surface area (Å²) in [6.45, 7) is 1.23. The number of pyridine rings is 1. The number of halogens is 4. The van der Waals surface area contributed by atoms with Crippen molar-refractivity contribution in [2.75, 3.05) is 11.9 Å². The average Bonchev–Trinajstić information content (AvgIpc) is 3.26. The molecule has 10 nitrogen and oxygen atoms in total. The fraction of sp³-hybridized carbons (Fsp3) is 0.160. The number of rotatable bonds is 7. The van der Waals surface area contributed by atoms with Gasteiger partial charge in [-0.25, -0.2) is 27.3 Å². The van der Waals surface area contributed by atoms with Gasteiger partial charge in [0.2, 0.25) is 5.95 Å². The summed E-state index contributed by atoms with van der Waals surface area (Å²) in [5, 5.41) is 17.1. The smallest absolute Gasteiger partial charge is 0.359 e. The van der Waals surface area contributed by atoms with E-state index in [4.69, 9.17) is 11.6 Å². The zero-order chi connectivity index (χ0) is 27.8. The Kier molecular flexibility index (Phi) is 6.93. The molecule has 3 aromatic heterocycles. The van der Waals surface area contributed by atoms with E-state index in [2.05, 4.69) is 20.4 Å². The largest absolute Gasteiger partial charge is 0.394 e. The highest BCUT2D eigenvalue weighted by Crippen LogP contribution is 2.29. The molecule has 2 aromatic carbocycles. The van der Waals surface area contributed by atoms with Crippen LogP contribution in [0.5, 0.6) is 0 Å². The predicted octanol–water partition coefficient (Wildman–Crippen LogP) is 3.30. The van der Waals surface area contributed by atoms with Crippen LogP contribution in [-0.2, 0) is 13.1 Å². The topological polar surface area (TPSA) is 120 Å². The Labute approximate surface area is 222 Å². The average molecular weight is 558 g/mol. The minimum absolute atomic E-state index is 0.110. The van der Waals surface area contributed by atoms with Crippen molar-refractivity contribution < 1.29 is 18.3 Å². The first-order valence-corrected chi connectivity index (χ1v) is 11.9. The van der Waals surface area contributed by atoms with Gasteiger partial charge in [0, 0.05) is 29.4 Å². The monoisotopic (exact) mass is 557 g/mol. The Hall–Kier alpha value is -4.49. The van der Waals surface area contributed by atoms with E-state index in [1.165, 1.54) is 29.2 Å². The van der Waals surface area contributed by atoms with Gasteiger partial charge in [-0.1, -0.05) is 11.6 Å². The van der Waals surface area contributed by atoms with Gasteiger partial charge in [-0.15, -0.1) is 0 Å². The maximum Gasteiger partial charge on any atom is 0.359 e. The van der Waals surface area contributed by atoms with Gasteiger partial charge < -0.3 is 10.4 Å². The lowest BCUT2D eigenvalue weighted by molar-refractivity contribution is 0.270. The summed E-state index contributed by atoms with van der Waals surface area (Å²) in [5.74, 6) is -4.13. The van der Waals surface area contributed by atoms with Crippen LogP contribution in [0.4, 0.5) is 24.8 Å². The lowest BCUT2D eigenvalue weighted by Gasteiger charge is -2.17. The summed E-state index contributed by atoms with van der Waals surface area (Å²) in [5.41, 5.74) is -0.753. The molecule has 0 saturated carbocycles. The van der Waals surface area contributed by atoms with Crippen molar-refractivity contribution in [2.24, 2.45) is 0 Å². The van der Waals surface area contributed by atoms with Gasteiger partial charge in [0.25, 0.3) is 0 Å².